The molecular formula is C10H10N4S2. The number of thiophene rings is 1. The monoisotopic (exact) mass is 250 g/mol. The Morgan fingerprint density at radius 3 is 2.94 bits per heavy atom. The van der Waals surface area contributed by atoms with Gasteiger partial charge in [-0.05, 0) is 18.4 Å². The molecule has 6 heteroatoms. The number of hydrogen-bond acceptors (Lipinski definition) is 5. The first-order valence-electron chi connectivity index (χ1n) is 4.89. The molecule has 4 nitrogen and oxygen atoms in total. The number of aromatic nitrogens is 3. The zero-order valence-corrected chi connectivity index (χ0v) is 10.3. The summed E-state index contributed by atoms with van der Waals surface area (Å²) >= 11 is 3.30. The molecule has 16 heavy (non-hydrogen) atoms. The second kappa shape index (κ2) is 3.65. The number of fused-ring (bicyclic) bond motifs is 1. The Bertz CT molecular complexity index is 606. The topological polar surface area (TPSA) is 56.2 Å². The van der Waals surface area contributed by atoms with E-state index in [0.717, 1.165) is 16.5 Å². The third-order valence-corrected chi connectivity index (χ3v) is 4.06. The van der Waals surface area contributed by atoms with Gasteiger partial charge in [0.2, 0.25) is 4.96 Å². The van der Waals surface area contributed by atoms with E-state index in [1.807, 2.05) is 17.4 Å². The van der Waals surface area contributed by atoms with Crippen LogP contribution in [-0.2, 0) is 0 Å². The van der Waals surface area contributed by atoms with E-state index in [4.69, 9.17) is 5.73 Å². The predicted octanol–water partition coefficient (Wildman–Crippen LogP) is 2.54. The van der Waals surface area contributed by atoms with E-state index in [1.54, 1.807) is 22.7 Å². The summed E-state index contributed by atoms with van der Waals surface area (Å²) in [6.07, 6.45) is 0. The van der Waals surface area contributed by atoms with Crippen molar-refractivity contribution in [2.45, 2.75) is 13.0 Å². The normalized spacial score (nSPS) is 13.4. The maximum Gasteiger partial charge on any atom is 0.216 e. The lowest BCUT2D eigenvalue weighted by atomic mass is 10.3. The Hall–Kier alpha value is -1.24. The van der Waals surface area contributed by atoms with Crippen LogP contribution in [0.5, 0.6) is 0 Å². The van der Waals surface area contributed by atoms with Crippen LogP contribution in [-0.4, -0.2) is 14.6 Å². The van der Waals surface area contributed by atoms with Crippen LogP contribution >= 0.6 is 22.7 Å². The summed E-state index contributed by atoms with van der Waals surface area (Å²) < 4.78 is 2.04. The summed E-state index contributed by atoms with van der Waals surface area (Å²) in [7, 11) is 0. The summed E-state index contributed by atoms with van der Waals surface area (Å²) in [6.45, 7) is 1.92. The summed E-state index contributed by atoms with van der Waals surface area (Å²) in [5.41, 5.74) is 7.02. The molecule has 0 aliphatic heterocycles. The van der Waals surface area contributed by atoms with Crippen molar-refractivity contribution >= 4 is 27.6 Å². The molecule has 1 atom stereocenters. The second-order valence-electron chi connectivity index (χ2n) is 3.56. The van der Waals surface area contributed by atoms with Crippen LogP contribution in [0.4, 0.5) is 0 Å². The summed E-state index contributed by atoms with van der Waals surface area (Å²) in [5.74, 6) is 0.819. The van der Waals surface area contributed by atoms with Gasteiger partial charge in [-0.1, -0.05) is 6.07 Å². The van der Waals surface area contributed by atoms with Crippen LogP contribution in [0.15, 0.2) is 22.9 Å². The fourth-order valence-corrected chi connectivity index (χ4v) is 3.27. The van der Waals surface area contributed by atoms with Gasteiger partial charge in [0.05, 0.1) is 16.6 Å². The standard InChI is InChI=1S/C10H10N4S2/c1-6(11)9-12-13-10-14(9)7(5-16-10)8-3-2-4-15-8/h2-6H,11H2,1H3. The maximum atomic E-state index is 5.89. The van der Waals surface area contributed by atoms with Crippen molar-refractivity contribution in [3.05, 3.63) is 28.7 Å². The van der Waals surface area contributed by atoms with Crippen molar-refractivity contribution in [1.29, 1.82) is 0 Å². The lowest BCUT2D eigenvalue weighted by Gasteiger charge is -2.03. The Morgan fingerprint density at radius 2 is 2.25 bits per heavy atom. The first-order valence-corrected chi connectivity index (χ1v) is 6.65. The molecule has 1 unspecified atom stereocenters. The molecule has 3 rings (SSSR count). The first kappa shape index (κ1) is 9.95. The summed E-state index contributed by atoms with van der Waals surface area (Å²) in [5, 5.41) is 12.4. The van der Waals surface area contributed by atoms with Gasteiger partial charge in [0.1, 0.15) is 0 Å². The number of nitrogens with two attached hydrogens (primary N) is 1. The van der Waals surface area contributed by atoms with Gasteiger partial charge in [-0.2, -0.15) is 0 Å². The molecule has 82 valence electrons. The highest BCUT2D eigenvalue weighted by atomic mass is 32.1. The summed E-state index contributed by atoms with van der Waals surface area (Å²) in [4.78, 5) is 2.11. The third-order valence-electron chi connectivity index (χ3n) is 2.36. The highest BCUT2D eigenvalue weighted by Gasteiger charge is 2.15. The van der Waals surface area contributed by atoms with Gasteiger partial charge in [-0.15, -0.1) is 32.9 Å². The molecule has 0 amide bonds. The predicted molar refractivity (Wildman–Crippen MR) is 66.8 cm³/mol. The highest BCUT2D eigenvalue weighted by molar-refractivity contribution is 7.16. The van der Waals surface area contributed by atoms with Crippen LogP contribution in [0, 0.1) is 0 Å². The average Bonchev–Trinajstić information content (AvgIpc) is 2.93. The van der Waals surface area contributed by atoms with Crippen molar-refractivity contribution in [3.8, 4) is 10.6 Å². The van der Waals surface area contributed by atoms with E-state index < -0.39 is 0 Å². The zero-order valence-electron chi connectivity index (χ0n) is 8.62. The quantitative estimate of drug-likeness (QED) is 0.760. The highest BCUT2D eigenvalue weighted by Crippen LogP contribution is 2.30. The van der Waals surface area contributed by atoms with E-state index in [0.29, 0.717) is 0 Å². The lowest BCUT2D eigenvalue weighted by Crippen LogP contribution is -2.09. The molecule has 0 spiro atoms. The first-order chi connectivity index (χ1) is 7.77. The van der Waals surface area contributed by atoms with Crippen LogP contribution in [0.3, 0.4) is 0 Å². The Morgan fingerprint density at radius 1 is 1.38 bits per heavy atom. The van der Waals surface area contributed by atoms with Gasteiger partial charge in [-0.25, -0.2) is 0 Å². The maximum absolute atomic E-state index is 5.89. The Kier molecular flexibility index (Phi) is 2.27. The van der Waals surface area contributed by atoms with Crippen LogP contribution in [0.25, 0.3) is 15.5 Å². The molecule has 0 saturated heterocycles. The van der Waals surface area contributed by atoms with Crippen molar-refractivity contribution in [1.82, 2.24) is 14.6 Å². The van der Waals surface area contributed by atoms with Gasteiger partial charge >= 0.3 is 0 Å². The Balaban J connectivity index is 2.29. The minimum atomic E-state index is -0.108. The third kappa shape index (κ3) is 1.38. The second-order valence-corrected chi connectivity index (χ2v) is 5.35. The number of rotatable bonds is 2. The van der Waals surface area contributed by atoms with E-state index in [-0.39, 0.29) is 6.04 Å². The fourth-order valence-electron chi connectivity index (χ4n) is 1.63. The number of thiazole rings is 1. The molecule has 3 aromatic heterocycles. The zero-order chi connectivity index (χ0) is 11.1. The summed E-state index contributed by atoms with van der Waals surface area (Å²) in [6, 6.07) is 4.03. The minimum Gasteiger partial charge on any atom is -0.322 e. The lowest BCUT2D eigenvalue weighted by molar-refractivity contribution is 0.729. The van der Waals surface area contributed by atoms with Crippen LogP contribution in [0.2, 0.25) is 0 Å². The minimum absolute atomic E-state index is 0.108. The molecule has 0 aromatic carbocycles. The SMILES string of the molecule is CC(N)c1nnc2scc(-c3cccs3)n12. The van der Waals surface area contributed by atoms with Crippen LogP contribution in [0.1, 0.15) is 18.8 Å². The molecule has 0 aliphatic carbocycles. The van der Waals surface area contributed by atoms with Crippen LogP contribution < -0.4 is 5.73 Å². The molecule has 0 aliphatic rings. The molecule has 0 bridgehead atoms. The van der Waals surface area contributed by atoms with E-state index in [1.165, 1.54) is 4.88 Å². The van der Waals surface area contributed by atoms with E-state index in [2.05, 4.69) is 27.0 Å². The molecular weight excluding hydrogens is 240 g/mol. The molecule has 0 saturated carbocycles. The van der Waals surface area contributed by atoms with Crippen molar-refractivity contribution < 1.29 is 0 Å². The number of hydrogen-bond donors (Lipinski definition) is 1. The van der Waals surface area contributed by atoms with Gasteiger partial charge in [-0.3, -0.25) is 4.40 Å². The molecule has 3 heterocycles. The molecule has 2 N–H and O–H groups in total. The average molecular weight is 250 g/mol. The van der Waals surface area contributed by atoms with Gasteiger partial charge in [0.25, 0.3) is 0 Å². The molecule has 0 fully saturated rings. The van der Waals surface area contributed by atoms with Crippen molar-refractivity contribution in [2.75, 3.05) is 0 Å². The van der Waals surface area contributed by atoms with E-state index >= 15 is 0 Å². The smallest absolute Gasteiger partial charge is 0.216 e. The molecule has 3 aromatic rings. The number of nitrogens with zero attached hydrogens (tertiary/aromatic N) is 3. The van der Waals surface area contributed by atoms with Gasteiger partial charge in [0.15, 0.2) is 5.82 Å². The van der Waals surface area contributed by atoms with Crippen molar-refractivity contribution in [3.63, 3.8) is 0 Å². The Labute approximate surface area is 100 Å². The fraction of sp³-hybridized carbons (Fsp3) is 0.200. The van der Waals surface area contributed by atoms with Gasteiger partial charge < -0.3 is 5.73 Å². The largest absolute Gasteiger partial charge is 0.322 e. The van der Waals surface area contributed by atoms with Gasteiger partial charge in [0, 0.05) is 5.38 Å². The molecule has 0 radical (unpaired) electrons. The van der Waals surface area contributed by atoms with Crippen molar-refractivity contribution in [2.24, 2.45) is 5.73 Å². The van der Waals surface area contributed by atoms with E-state index in [9.17, 15) is 0 Å².